The zero-order chi connectivity index (χ0) is 23.2. The molecule has 33 heavy (non-hydrogen) atoms. The molecule has 1 aromatic heterocycles. The first-order chi connectivity index (χ1) is 15.8. The second-order valence-electron chi connectivity index (χ2n) is 9.79. The summed E-state index contributed by atoms with van der Waals surface area (Å²) in [5, 5.41) is 15.4. The number of hydrogen-bond donors (Lipinski definition) is 1. The Kier molecular flexibility index (Phi) is 5.53. The normalized spacial score (nSPS) is 23.0. The number of hydrogen-bond acceptors (Lipinski definition) is 4. The minimum absolute atomic E-state index is 0.0777. The molecule has 0 bridgehead atoms. The van der Waals surface area contributed by atoms with Crippen molar-refractivity contribution in [2.24, 2.45) is 11.3 Å². The van der Waals surface area contributed by atoms with E-state index < -0.39 is 15.9 Å². The van der Waals surface area contributed by atoms with Gasteiger partial charge in [-0.2, -0.15) is 5.10 Å². The highest BCUT2D eigenvalue weighted by molar-refractivity contribution is 7.91. The van der Waals surface area contributed by atoms with Crippen molar-refractivity contribution in [2.45, 2.75) is 50.5 Å². The summed E-state index contributed by atoms with van der Waals surface area (Å²) in [5.41, 5.74) is 5.92. The van der Waals surface area contributed by atoms with Gasteiger partial charge in [-0.3, -0.25) is 0 Å². The highest BCUT2D eigenvalue weighted by Gasteiger charge is 2.46. The summed E-state index contributed by atoms with van der Waals surface area (Å²) in [6.07, 6.45) is 6.64. The van der Waals surface area contributed by atoms with Crippen molar-refractivity contribution in [1.82, 2.24) is 9.78 Å². The predicted molar refractivity (Wildman–Crippen MR) is 130 cm³/mol. The molecule has 172 valence electrons. The SMILES string of the molecule is Cc1ccc(-n2ncc3c2C=C2CC[C@H](C[C@H](O)CS(=O)(=O)c4ccccc4)[C@@]2(C)C3)cc1. The number of aliphatic hydroxyl groups excluding tert-OH is 1. The topological polar surface area (TPSA) is 72.2 Å². The average Bonchev–Trinajstić information content (AvgIpc) is 3.33. The minimum Gasteiger partial charge on any atom is -0.392 e. The number of aromatic nitrogens is 2. The number of nitrogens with zero attached hydrogens (tertiary/aromatic N) is 2. The monoisotopic (exact) mass is 462 g/mol. The van der Waals surface area contributed by atoms with Gasteiger partial charge in [0.25, 0.3) is 0 Å². The van der Waals surface area contributed by atoms with Crippen LogP contribution in [0.2, 0.25) is 0 Å². The Hall–Kier alpha value is -2.70. The van der Waals surface area contributed by atoms with Gasteiger partial charge in [-0.15, -0.1) is 0 Å². The van der Waals surface area contributed by atoms with Crippen molar-refractivity contribution in [2.75, 3.05) is 5.75 Å². The van der Waals surface area contributed by atoms with Crippen LogP contribution in [0.15, 0.2) is 71.3 Å². The number of benzene rings is 2. The largest absolute Gasteiger partial charge is 0.392 e. The number of sulfone groups is 1. The van der Waals surface area contributed by atoms with Crippen LogP contribution < -0.4 is 0 Å². The van der Waals surface area contributed by atoms with Gasteiger partial charge in [0.05, 0.1) is 34.3 Å². The number of aryl methyl sites for hydroxylation is 1. The van der Waals surface area contributed by atoms with E-state index in [9.17, 15) is 13.5 Å². The summed E-state index contributed by atoms with van der Waals surface area (Å²) in [4.78, 5) is 0.271. The van der Waals surface area contributed by atoms with E-state index >= 15 is 0 Å². The van der Waals surface area contributed by atoms with Crippen molar-refractivity contribution < 1.29 is 13.5 Å². The molecule has 0 aliphatic heterocycles. The zero-order valence-electron chi connectivity index (χ0n) is 19.1. The highest BCUT2D eigenvalue weighted by Crippen LogP contribution is 2.54. The van der Waals surface area contributed by atoms with Gasteiger partial charge in [0.15, 0.2) is 9.84 Å². The van der Waals surface area contributed by atoms with Crippen LogP contribution in [0.4, 0.5) is 0 Å². The summed E-state index contributed by atoms with van der Waals surface area (Å²) >= 11 is 0. The molecule has 0 unspecified atom stereocenters. The molecule has 0 radical (unpaired) electrons. The van der Waals surface area contributed by atoms with Crippen molar-refractivity contribution in [3.05, 3.63) is 83.2 Å². The van der Waals surface area contributed by atoms with Gasteiger partial charge in [0, 0.05) is 0 Å². The Morgan fingerprint density at radius 2 is 1.88 bits per heavy atom. The van der Waals surface area contributed by atoms with E-state index in [2.05, 4.69) is 49.3 Å². The van der Waals surface area contributed by atoms with Crippen LogP contribution in [0, 0.1) is 18.3 Å². The fourth-order valence-electron chi connectivity index (χ4n) is 5.58. The quantitative estimate of drug-likeness (QED) is 0.573. The fraction of sp³-hybridized carbons (Fsp3) is 0.370. The maximum atomic E-state index is 12.7. The molecule has 1 fully saturated rings. The van der Waals surface area contributed by atoms with Gasteiger partial charge in [-0.25, -0.2) is 13.1 Å². The lowest BCUT2D eigenvalue weighted by Crippen LogP contribution is -2.33. The van der Waals surface area contributed by atoms with Crippen molar-refractivity contribution in [3.8, 4) is 5.69 Å². The van der Waals surface area contributed by atoms with Gasteiger partial charge < -0.3 is 5.11 Å². The van der Waals surface area contributed by atoms with E-state index in [1.165, 1.54) is 16.7 Å². The molecule has 1 saturated carbocycles. The van der Waals surface area contributed by atoms with Crippen LogP contribution in [0.1, 0.15) is 43.0 Å². The van der Waals surface area contributed by atoms with Gasteiger partial charge >= 0.3 is 0 Å². The van der Waals surface area contributed by atoms with E-state index in [0.717, 1.165) is 30.6 Å². The number of allylic oxidation sites excluding steroid dienone is 1. The molecule has 1 N–H and O–H groups in total. The van der Waals surface area contributed by atoms with Crippen molar-refractivity contribution in [1.29, 1.82) is 0 Å². The predicted octanol–water partition coefficient (Wildman–Crippen LogP) is 4.76. The molecule has 0 amide bonds. The molecule has 2 aliphatic rings. The summed E-state index contributed by atoms with van der Waals surface area (Å²) in [6.45, 7) is 4.34. The standard InChI is InChI=1S/C27H30N2O3S/c1-19-8-12-23(13-9-19)29-26-15-22-11-10-21(27(22,2)16-20(26)17-28-29)14-24(30)18-33(31,32)25-6-4-3-5-7-25/h3-9,12-13,15,17,21,24,30H,10-11,14,16,18H2,1-2H3/t21-,24+,27-/m1/s1. The van der Waals surface area contributed by atoms with E-state index in [-0.39, 0.29) is 22.0 Å². The van der Waals surface area contributed by atoms with E-state index in [4.69, 9.17) is 0 Å². The van der Waals surface area contributed by atoms with Gasteiger partial charge in [-0.1, -0.05) is 48.4 Å². The van der Waals surface area contributed by atoms with Crippen LogP contribution >= 0.6 is 0 Å². The molecule has 0 spiro atoms. The Morgan fingerprint density at radius 3 is 2.61 bits per heavy atom. The molecule has 3 aromatic rings. The Morgan fingerprint density at radius 1 is 1.15 bits per heavy atom. The Bertz CT molecular complexity index is 1290. The lowest BCUT2D eigenvalue weighted by molar-refractivity contribution is 0.128. The second-order valence-corrected chi connectivity index (χ2v) is 11.8. The molecule has 3 atom stereocenters. The van der Waals surface area contributed by atoms with Crippen LogP contribution in [0.3, 0.4) is 0 Å². The van der Waals surface area contributed by atoms with E-state index in [1.807, 2.05) is 10.9 Å². The first-order valence-corrected chi connectivity index (χ1v) is 13.2. The molecule has 2 aromatic carbocycles. The Balaban J connectivity index is 1.34. The lowest BCUT2D eigenvalue weighted by Gasteiger charge is -2.36. The molecule has 0 saturated heterocycles. The number of rotatable bonds is 6. The van der Waals surface area contributed by atoms with Gasteiger partial charge in [0.2, 0.25) is 0 Å². The Labute approximate surface area is 195 Å². The summed E-state index contributed by atoms with van der Waals surface area (Å²) in [5.74, 6) is -0.000193. The summed E-state index contributed by atoms with van der Waals surface area (Å²) in [7, 11) is -3.51. The third-order valence-corrected chi connectivity index (χ3v) is 9.31. The fourth-order valence-corrected chi connectivity index (χ4v) is 6.98. The van der Waals surface area contributed by atoms with E-state index in [1.54, 1.807) is 30.3 Å². The molecular weight excluding hydrogens is 432 g/mol. The molecular formula is C27H30N2O3S. The maximum absolute atomic E-state index is 12.7. The number of aliphatic hydroxyl groups is 1. The second kappa shape index (κ2) is 8.26. The number of fused-ring (bicyclic) bond motifs is 2. The van der Waals surface area contributed by atoms with Crippen LogP contribution in [0.5, 0.6) is 0 Å². The first kappa shape index (κ1) is 22.1. The van der Waals surface area contributed by atoms with Crippen molar-refractivity contribution >= 4 is 15.9 Å². The molecule has 1 heterocycles. The molecule has 5 rings (SSSR count). The summed E-state index contributed by atoms with van der Waals surface area (Å²) < 4.78 is 27.4. The van der Waals surface area contributed by atoms with Crippen molar-refractivity contribution in [3.63, 3.8) is 0 Å². The van der Waals surface area contributed by atoms with Crippen LogP contribution in [-0.4, -0.2) is 35.2 Å². The molecule has 5 nitrogen and oxygen atoms in total. The average molecular weight is 463 g/mol. The summed E-state index contributed by atoms with van der Waals surface area (Å²) in [6, 6.07) is 16.8. The third kappa shape index (κ3) is 4.06. The molecule has 2 aliphatic carbocycles. The molecule has 6 heteroatoms. The lowest BCUT2D eigenvalue weighted by atomic mass is 9.68. The highest BCUT2D eigenvalue weighted by atomic mass is 32.2. The van der Waals surface area contributed by atoms with E-state index in [0.29, 0.717) is 6.42 Å². The minimum atomic E-state index is -3.51. The van der Waals surface area contributed by atoms with Crippen LogP contribution in [0.25, 0.3) is 11.8 Å². The van der Waals surface area contributed by atoms with Gasteiger partial charge in [0.1, 0.15) is 0 Å². The third-order valence-electron chi connectivity index (χ3n) is 7.50. The van der Waals surface area contributed by atoms with Crippen LogP contribution in [-0.2, 0) is 16.3 Å². The zero-order valence-corrected chi connectivity index (χ0v) is 19.9. The smallest absolute Gasteiger partial charge is 0.180 e. The maximum Gasteiger partial charge on any atom is 0.180 e. The van der Waals surface area contributed by atoms with Gasteiger partial charge in [-0.05, 0) is 79.8 Å². The first-order valence-electron chi connectivity index (χ1n) is 11.6.